The van der Waals surface area contributed by atoms with Crippen LogP contribution in [0.2, 0.25) is 0 Å². The van der Waals surface area contributed by atoms with Crippen molar-refractivity contribution in [3.8, 4) is 0 Å². The summed E-state index contributed by atoms with van der Waals surface area (Å²) < 4.78 is 21.0. The molecule has 0 spiro atoms. The summed E-state index contributed by atoms with van der Waals surface area (Å²) in [6.45, 7) is 4.88. The molecule has 5 aliphatic carbocycles. The molecule has 4 heteroatoms. The highest BCUT2D eigenvalue weighted by atomic mass is 19.1. The van der Waals surface area contributed by atoms with E-state index in [9.17, 15) is 4.39 Å². The normalized spacial score (nSPS) is 33.4. The summed E-state index contributed by atoms with van der Waals surface area (Å²) in [5.74, 6) is 1.43. The first-order valence-corrected chi connectivity index (χ1v) is 19.3. The molecule has 3 fully saturated rings. The monoisotopic (exact) mass is 652 g/mol. The van der Waals surface area contributed by atoms with Crippen molar-refractivity contribution in [1.82, 2.24) is 0 Å². The number of ether oxygens (including phenoxy) is 1. The zero-order chi connectivity index (χ0) is 32.9. The van der Waals surface area contributed by atoms with Crippen LogP contribution in [0.15, 0.2) is 96.6 Å². The van der Waals surface area contributed by atoms with Gasteiger partial charge in [0.2, 0.25) is 0 Å². The second kappa shape index (κ2) is 11.5. The van der Waals surface area contributed by atoms with Crippen molar-refractivity contribution in [3.05, 3.63) is 119 Å². The summed E-state index contributed by atoms with van der Waals surface area (Å²) >= 11 is 0. The topological polar surface area (TPSA) is 15.7 Å². The van der Waals surface area contributed by atoms with Crippen LogP contribution < -0.4 is 9.80 Å². The van der Waals surface area contributed by atoms with Crippen molar-refractivity contribution in [1.29, 1.82) is 0 Å². The van der Waals surface area contributed by atoms with Crippen LogP contribution in [0.25, 0.3) is 5.57 Å². The summed E-state index contributed by atoms with van der Waals surface area (Å²) in [7, 11) is 0. The Balaban J connectivity index is 1.12. The molecule has 49 heavy (non-hydrogen) atoms. The van der Waals surface area contributed by atoms with Gasteiger partial charge in [-0.25, -0.2) is 4.39 Å². The van der Waals surface area contributed by atoms with E-state index >= 15 is 0 Å². The predicted octanol–water partition coefficient (Wildman–Crippen LogP) is 10.8. The highest BCUT2D eigenvalue weighted by Crippen LogP contribution is 2.58. The minimum Gasteiger partial charge on any atom is -0.374 e. The molecule has 8 unspecified atom stereocenters. The van der Waals surface area contributed by atoms with E-state index in [1.165, 1.54) is 84.2 Å². The lowest BCUT2D eigenvalue weighted by atomic mass is 9.69. The van der Waals surface area contributed by atoms with E-state index in [0.717, 1.165) is 24.9 Å². The fourth-order valence-corrected chi connectivity index (χ4v) is 11.7. The Bertz CT molecular complexity index is 1870. The molecule has 0 bridgehead atoms. The van der Waals surface area contributed by atoms with Crippen LogP contribution in [0.1, 0.15) is 101 Å². The molecular formula is C45H49FN2O. The third kappa shape index (κ3) is 4.55. The van der Waals surface area contributed by atoms with E-state index in [4.69, 9.17) is 4.74 Å². The van der Waals surface area contributed by atoms with Crippen LogP contribution in [0.4, 0.5) is 21.5 Å². The molecule has 0 amide bonds. The summed E-state index contributed by atoms with van der Waals surface area (Å²) in [6, 6.07) is 24.2. The first-order valence-electron chi connectivity index (χ1n) is 19.3. The van der Waals surface area contributed by atoms with Crippen molar-refractivity contribution in [2.45, 2.75) is 120 Å². The molecule has 0 radical (unpaired) electrons. The summed E-state index contributed by atoms with van der Waals surface area (Å²) in [5.41, 5.74) is 11.2. The zero-order valence-electron chi connectivity index (χ0n) is 29.0. The molecule has 2 heterocycles. The van der Waals surface area contributed by atoms with E-state index in [-0.39, 0.29) is 23.3 Å². The number of allylic oxidation sites excluding steroid dienone is 4. The number of rotatable bonds is 4. The summed E-state index contributed by atoms with van der Waals surface area (Å²) in [6.07, 6.45) is 23.2. The van der Waals surface area contributed by atoms with Crippen LogP contribution in [0.3, 0.4) is 0 Å². The SMILES string of the molecule is CC1(C)C2=CCCC=C2c2c(N(C3C=CC4C(C3)c3ccccc3N4c3ccc(F)cc3)C3CCCC4OC5CCCCC5C43)cccc21. The molecule has 3 aromatic carbocycles. The lowest BCUT2D eigenvalue weighted by Gasteiger charge is -2.49. The minimum atomic E-state index is -0.186. The van der Waals surface area contributed by atoms with Crippen molar-refractivity contribution in [2.75, 3.05) is 9.80 Å². The first kappa shape index (κ1) is 30.2. The quantitative estimate of drug-likeness (QED) is 0.261. The van der Waals surface area contributed by atoms with Gasteiger partial charge in [0.1, 0.15) is 5.82 Å². The van der Waals surface area contributed by atoms with E-state index in [2.05, 4.69) is 90.4 Å². The molecule has 10 rings (SSSR count). The molecule has 0 aromatic heterocycles. The molecule has 2 aliphatic heterocycles. The Hall–Kier alpha value is -3.63. The maximum atomic E-state index is 14.1. The van der Waals surface area contributed by atoms with Crippen LogP contribution in [0.5, 0.6) is 0 Å². The Kier molecular flexibility index (Phi) is 7.06. The van der Waals surface area contributed by atoms with Crippen LogP contribution in [-0.4, -0.2) is 30.3 Å². The Morgan fingerprint density at radius 3 is 2.53 bits per heavy atom. The number of benzene rings is 3. The largest absolute Gasteiger partial charge is 0.374 e. The van der Waals surface area contributed by atoms with E-state index in [1.54, 1.807) is 12.1 Å². The fourth-order valence-electron chi connectivity index (χ4n) is 11.7. The van der Waals surface area contributed by atoms with Crippen molar-refractivity contribution in [2.24, 2.45) is 11.8 Å². The number of anilines is 3. The Morgan fingerprint density at radius 2 is 1.63 bits per heavy atom. The molecule has 8 atom stereocenters. The molecule has 2 saturated carbocycles. The standard InChI is InChI=1S/C45H49FN2O/c1-45(2)35-14-6-3-12-32(35)43-36(45)15-9-17-39(43)48(40-18-10-20-42-44(40)33-13-5-8-19-41(33)49-42)30-25-26-38-34(27-30)31-11-4-7-16-37(31)47(38)29-23-21-28(46)22-24-29/h4,7,9,11-12,14-17,21-26,30,33-34,38,40-42,44H,3,5-6,8,10,13,18-20,27H2,1-2H3. The Labute approximate surface area is 291 Å². The maximum Gasteiger partial charge on any atom is 0.123 e. The van der Waals surface area contributed by atoms with Crippen molar-refractivity contribution >= 4 is 22.6 Å². The van der Waals surface area contributed by atoms with Crippen molar-refractivity contribution in [3.63, 3.8) is 0 Å². The number of para-hydroxylation sites is 1. The molecule has 3 nitrogen and oxygen atoms in total. The predicted molar refractivity (Wildman–Crippen MR) is 198 cm³/mol. The zero-order valence-corrected chi connectivity index (χ0v) is 29.0. The van der Waals surface area contributed by atoms with Gasteiger partial charge in [-0.15, -0.1) is 0 Å². The second-order valence-electron chi connectivity index (χ2n) is 16.5. The number of hydrogen-bond donors (Lipinski definition) is 0. The highest BCUT2D eigenvalue weighted by Gasteiger charge is 2.53. The van der Waals surface area contributed by atoms with Gasteiger partial charge in [0, 0.05) is 52.0 Å². The van der Waals surface area contributed by atoms with Gasteiger partial charge >= 0.3 is 0 Å². The molecule has 1 saturated heterocycles. The van der Waals surface area contributed by atoms with Gasteiger partial charge in [-0.2, -0.15) is 0 Å². The third-order valence-electron chi connectivity index (χ3n) is 13.7. The number of fused-ring (bicyclic) bond motifs is 9. The van der Waals surface area contributed by atoms with Gasteiger partial charge in [0.05, 0.1) is 18.2 Å². The average Bonchev–Trinajstić information content (AvgIpc) is 3.75. The lowest BCUT2D eigenvalue weighted by molar-refractivity contribution is 0.00351. The molecular weight excluding hydrogens is 604 g/mol. The smallest absolute Gasteiger partial charge is 0.123 e. The number of hydrogen-bond acceptors (Lipinski definition) is 3. The molecule has 3 aromatic rings. The number of nitrogens with zero attached hydrogens (tertiary/aromatic N) is 2. The van der Waals surface area contributed by atoms with Gasteiger partial charge in [-0.3, -0.25) is 0 Å². The fraction of sp³-hybridized carbons (Fsp3) is 0.467. The van der Waals surface area contributed by atoms with E-state index < -0.39 is 0 Å². The summed E-state index contributed by atoms with van der Waals surface area (Å²) in [4.78, 5) is 5.41. The van der Waals surface area contributed by atoms with E-state index in [0.29, 0.717) is 36.0 Å². The lowest BCUT2D eigenvalue weighted by Crippen LogP contribution is -2.54. The second-order valence-corrected chi connectivity index (χ2v) is 16.5. The highest BCUT2D eigenvalue weighted by molar-refractivity contribution is 5.96. The van der Waals surface area contributed by atoms with Crippen molar-refractivity contribution < 1.29 is 9.13 Å². The minimum absolute atomic E-state index is 0.0108. The third-order valence-corrected chi connectivity index (χ3v) is 13.7. The van der Waals surface area contributed by atoms with Gasteiger partial charge in [-0.1, -0.05) is 81.3 Å². The average molecular weight is 653 g/mol. The number of halogens is 1. The molecule has 7 aliphatic rings. The van der Waals surface area contributed by atoms with Gasteiger partial charge in [0.15, 0.2) is 0 Å². The van der Waals surface area contributed by atoms with Gasteiger partial charge < -0.3 is 14.5 Å². The molecule has 252 valence electrons. The van der Waals surface area contributed by atoms with Gasteiger partial charge in [0.25, 0.3) is 0 Å². The van der Waals surface area contributed by atoms with E-state index in [1.807, 2.05) is 12.1 Å². The van der Waals surface area contributed by atoms with Crippen LogP contribution >= 0.6 is 0 Å². The Morgan fingerprint density at radius 1 is 0.816 bits per heavy atom. The molecule has 0 N–H and O–H groups in total. The van der Waals surface area contributed by atoms with Crippen LogP contribution in [0, 0.1) is 17.7 Å². The summed E-state index contributed by atoms with van der Waals surface area (Å²) in [5, 5.41) is 0. The van der Waals surface area contributed by atoms with Gasteiger partial charge in [-0.05, 0) is 116 Å². The maximum absolute atomic E-state index is 14.1. The van der Waals surface area contributed by atoms with Crippen LogP contribution in [-0.2, 0) is 10.2 Å². The first-order chi connectivity index (χ1) is 24.0.